The smallest absolute Gasteiger partial charge is 0.240 e. The standard InChI is InChI=1S/C19H28ClN5O3S/c1-21-19(25(3)14-17-11-16(20)13-24(17)2)22-12-15-5-7-18(8-6-15)29(26,27)23-9-10-28-4/h5-8,11,13,23H,9-10,12,14H2,1-4H3,(H,21,22). The summed E-state index contributed by atoms with van der Waals surface area (Å²) < 4.78 is 33.7. The molecule has 29 heavy (non-hydrogen) atoms. The van der Waals surface area contributed by atoms with Gasteiger partial charge in [-0.2, -0.15) is 0 Å². The molecule has 2 N–H and O–H groups in total. The zero-order chi connectivity index (χ0) is 21.4. The topological polar surface area (TPSA) is 88.0 Å². The molecule has 1 heterocycles. The number of aromatic nitrogens is 1. The van der Waals surface area contributed by atoms with Crippen molar-refractivity contribution in [3.63, 3.8) is 0 Å². The lowest BCUT2D eigenvalue weighted by Gasteiger charge is -2.22. The van der Waals surface area contributed by atoms with Gasteiger partial charge in [-0.1, -0.05) is 23.7 Å². The van der Waals surface area contributed by atoms with Gasteiger partial charge in [-0.25, -0.2) is 13.1 Å². The van der Waals surface area contributed by atoms with Crippen LogP contribution in [0, 0.1) is 0 Å². The monoisotopic (exact) mass is 441 g/mol. The molecule has 0 atom stereocenters. The Bertz CT molecular complexity index is 926. The molecule has 10 heteroatoms. The Morgan fingerprint density at radius 3 is 2.55 bits per heavy atom. The molecule has 0 fully saturated rings. The normalized spacial score (nSPS) is 12.2. The van der Waals surface area contributed by atoms with Gasteiger partial charge in [0.1, 0.15) is 0 Å². The van der Waals surface area contributed by atoms with Crippen LogP contribution in [0.2, 0.25) is 5.02 Å². The van der Waals surface area contributed by atoms with Crippen LogP contribution < -0.4 is 10.0 Å². The lowest BCUT2D eigenvalue weighted by molar-refractivity contribution is 0.204. The summed E-state index contributed by atoms with van der Waals surface area (Å²) in [5.74, 6) is 0.722. The summed E-state index contributed by atoms with van der Waals surface area (Å²) in [6.07, 6.45) is 1.86. The third kappa shape index (κ3) is 6.74. The maximum Gasteiger partial charge on any atom is 0.240 e. The Hall–Kier alpha value is -2.07. The van der Waals surface area contributed by atoms with Crippen LogP contribution in [0.15, 0.2) is 46.4 Å². The van der Waals surface area contributed by atoms with Crippen molar-refractivity contribution in [3.8, 4) is 0 Å². The van der Waals surface area contributed by atoms with Crippen LogP contribution in [0.25, 0.3) is 0 Å². The second-order valence-corrected chi connectivity index (χ2v) is 8.76. The molecule has 1 aromatic heterocycles. The lowest BCUT2D eigenvalue weighted by atomic mass is 10.2. The summed E-state index contributed by atoms with van der Waals surface area (Å²) in [7, 11) is 3.61. The van der Waals surface area contributed by atoms with Gasteiger partial charge >= 0.3 is 0 Å². The van der Waals surface area contributed by atoms with Crippen molar-refractivity contribution in [1.29, 1.82) is 0 Å². The number of hydrogen-bond donors (Lipinski definition) is 2. The van der Waals surface area contributed by atoms with E-state index in [2.05, 4.69) is 15.0 Å². The van der Waals surface area contributed by atoms with Crippen molar-refractivity contribution in [1.82, 2.24) is 19.5 Å². The molecule has 160 valence electrons. The van der Waals surface area contributed by atoms with Gasteiger partial charge < -0.3 is 19.5 Å². The summed E-state index contributed by atoms with van der Waals surface area (Å²) in [6, 6.07) is 8.66. The number of guanidine groups is 1. The Morgan fingerprint density at radius 2 is 2.00 bits per heavy atom. The molecular formula is C19H28ClN5O3S. The molecule has 0 unspecified atom stereocenters. The number of methoxy groups -OCH3 is 1. The van der Waals surface area contributed by atoms with Gasteiger partial charge in [-0.15, -0.1) is 0 Å². The molecule has 0 aliphatic rings. The SMILES string of the molecule is CN=C(NCc1ccc(S(=O)(=O)NCCOC)cc1)N(C)Cc1cc(Cl)cn1C. The van der Waals surface area contributed by atoms with E-state index in [9.17, 15) is 8.42 Å². The van der Waals surface area contributed by atoms with E-state index >= 15 is 0 Å². The number of ether oxygens (including phenoxy) is 1. The molecule has 1 aromatic carbocycles. The summed E-state index contributed by atoms with van der Waals surface area (Å²) in [5, 5.41) is 3.98. The quantitative estimate of drug-likeness (QED) is 0.352. The van der Waals surface area contributed by atoms with E-state index in [0.29, 0.717) is 24.7 Å². The molecule has 8 nitrogen and oxygen atoms in total. The zero-order valence-corrected chi connectivity index (χ0v) is 18.7. The van der Waals surface area contributed by atoms with Crippen LogP contribution in [-0.4, -0.2) is 58.2 Å². The molecule has 0 amide bonds. The Balaban J connectivity index is 1.94. The second-order valence-electron chi connectivity index (χ2n) is 6.55. The Morgan fingerprint density at radius 1 is 1.31 bits per heavy atom. The van der Waals surface area contributed by atoms with Crippen molar-refractivity contribution >= 4 is 27.6 Å². The molecule has 0 spiro atoms. The van der Waals surface area contributed by atoms with E-state index in [4.69, 9.17) is 16.3 Å². The molecule has 0 aliphatic heterocycles. The Labute approximate surface area is 177 Å². The summed E-state index contributed by atoms with van der Waals surface area (Å²) in [5.41, 5.74) is 2.01. The minimum atomic E-state index is -3.53. The van der Waals surface area contributed by atoms with E-state index in [1.807, 2.05) is 35.8 Å². The van der Waals surface area contributed by atoms with Crippen LogP contribution in [0.3, 0.4) is 0 Å². The average Bonchev–Trinajstić information content (AvgIpc) is 2.99. The fourth-order valence-corrected chi connectivity index (χ4v) is 4.04. The van der Waals surface area contributed by atoms with Crippen LogP contribution in [0.4, 0.5) is 0 Å². The van der Waals surface area contributed by atoms with Gasteiger partial charge in [0.05, 0.1) is 23.1 Å². The van der Waals surface area contributed by atoms with Gasteiger partial charge in [0.15, 0.2) is 5.96 Å². The van der Waals surface area contributed by atoms with Crippen molar-refractivity contribution in [2.45, 2.75) is 18.0 Å². The van der Waals surface area contributed by atoms with Gasteiger partial charge in [0, 0.05) is 53.2 Å². The molecule has 2 aromatic rings. The predicted octanol–water partition coefficient (Wildman–Crippen LogP) is 1.81. The minimum absolute atomic E-state index is 0.222. The first-order chi connectivity index (χ1) is 13.8. The largest absolute Gasteiger partial charge is 0.383 e. The van der Waals surface area contributed by atoms with Crippen molar-refractivity contribution in [2.75, 3.05) is 34.4 Å². The number of aryl methyl sites for hydroxylation is 1. The van der Waals surface area contributed by atoms with Gasteiger partial charge in [-0.05, 0) is 23.8 Å². The van der Waals surface area contributed by atoms with E-state index in [-0.39, 0.29) is 11.4 Å². The maximum atomic E-state index is 12.2. The molecule has 0 saturated heterocycles. The average molecular weight is 442 g/mol. The summed E-state index contributed by atoms with van der Waals surface area (Å²) >= 11 is 6.05. The number of hydrogen-bond acceptors (Lipinski definition) is 4. The number of benzene rings is 1. The zero-order valence-electron chi connectivity index (χ0n) is 17.1. The van der Waals surface area contributed by atoms with Crippen LogP contribution in [0.5, 0.6) is 0 Å². The summed E-state index contributed by atoms with van der Waals surface area (Å²) in [4.78, 5) is 6.52. The highest BCUT2D eigenvalue weighted by atomic mass is 35.5. The minimum Gasteiger partial charge on any atom is -0.383 e. The molecule has 2 rings (SSSR count). The number of aliphatic imine (C=N–C) groups is 1. The number of nitrogens with one attached hydrogen (secondary N) is 2. The first-order valence-electron chi connectivity index (χ1n) is 9.07. The Kier molecular flexibility index (Phi) is 8.51. The highest BCUT2D eigenvalue weighted by molar-refractivity contribution is 7.89. The first kappa shape index (κ1) is 23.2. The third-order valence-electron chi connectivity index (χ3n) is 4.33. The molecule has 0 bridgehead atoms. The van der Waals surface area contributed by atoms with Gasteiger partial charge in [-0.3, -0.25) is 4.99 Å². The highest BCUT2D eigenvalue weighted by Crippen LogP contribution is 2.14. The van der Waals surface area contributed by atoms with Crippen LogP contribution in [-0.2, 0) is 34.9 Å². The van der Waals surface area contributed by atoms with E-state index in [1.165, 1.54) is 7.11 Å². The van der Waals surface area contributed by atoms with E-state index < -0.39 is 10.0 Å². The van der Waals surface area contributed by atoms with E-state index in [0.717, 1.165) is 17.2 Å². The molecule has 0 radical (unpaired) electrons. The number of rotatable bonds is 9. The van der Waals surface area contributed by atoms with Crippen molar-refractivity contribution < 1.29 is 13.2 Å². The van der Waals surface area contributed by atoms with Gasteiger partial charge in [0.25, 0.3) is 0 Å². The molecule has 0 saturated carbocycles. The molecular weight excluding hydrogens is 414 g/mol. The second kappa shape index (κ2) is 10.6. The fraction of sp³-hybridized carbons (Fsp3) is 0.421. The fourth-order valence-electron chi connectivity index (χ4n) is 2.75. The third-order valence-corrected chi connectivity index (χ3v) is 6.01. The number of sulfonamides is 1. The van der Waals surface area contributed by atoms with Crippen molar-refractivity contribution in [3.05, 3.63) is 52.8 Å². The number of halogens is 1. The van der Waals surface area contributed by atoms with Crippen LogP contribution in [0.1, 0.15) is 11.3 Å². The van der Waals surface area contributed by atoms with Crippen molar-refractivity contribution in [2.24, 2.45) is 12.0 Å². The summed E-state index contributed by atoms with van der Waals surface area (Å²) in [6.45, 7) is 1.72. The van der Waals surface area contributed by atoms with Gasteiger partial charge in [0.2, 0.25) is 10.0 Å². The molecule has 0 aliphatic carbocycles. The van der Waals surface area contributed by atoms with E-state index in [1.54, 1.807) is 31.3 Å². The van der Waals surface area contributed by atoms with Crippen LogP contribution >= 0.6 is 11.6 Å². The number of nitrogens with zero attached hydrogens (tertiary/aromatic N) is 3. The maximum absolute atomic E-state index is 12.2. The predicted molar refractivity (Wildman–Crippen MR) is 116 cm³/mol. The lowest BCUT2D eigenvalue weighted by Crippen LogP contribution is -2.38. The highest BCUT2D eigenvalue weighted by Gasteiger charge is 2.13. The first-order valence-corrected chi connectivity index (χ1v) is 10.9.